The number of amides is 1. The number of ether oxygens (including phenoxy) is 2. The highest BCUT2D eigenvalue weighted by molar-refractivity contribution is 5.91. The first kappa shape index (κ1) is 18.3. The van der Waals surface area contributed by atoms with Crippen LogP contribution in [0, 0.1) is 0 Å². The molecule has 0 saturated carbocycles. The van der Waals surface area contributed by atoms with E-state index in [-0.39, 0.29) is 18.0 Å². The largest absolute Gasteiger partial charge is 0.460 e. The molecule has 1 unspecified atom stereocenters. The van der Waals surface area contributed by atoms with Crippen LogP contribution in [-0.4, -0.2) is 37.8 Å². The van der Waals surface area contributed by atoms with E-state index in [1.165, 1.54) is 0 Å². The average molecular weight is 285 g/mol. The predicted octanol–water partition coefficient (Wildman–Crippen LogP) is 1.52. The Hall–Kier alpha value is -1.66. The van der Waals surface area contributed by atoms with Crippen molar-refractivity contribution in [2.75, 3.05) is 19.8 Å². The molecule has 1 fully saturated rings. The number of carbonyl (C=O) groups excluding carboxylic acids is 2. The van der Waals surface area contributed by atoms with Crippen LogP contribution in [0.2, 0.25) is 0 Å². The van der Waals surface area contributed by atoms with E-state index in [2.05, 4.69) is 30.3 Å². The van der Waals surface area contributed by atoms with Crippen LogP contribution in [0.25, 0.3) is 0 Å². The molecule has 1 heterocycles. The van der Waals surface area contributed by atoms with Crippen LogP contribution < -0.4 is 5.48 Å². The average Bonchev–Trinajstić information content (AvgIpc) is 3.25. The van der Waals surface area contributed by atoms with Gasteiger partial charge in [0.1, 0.15) is 12.7 Å². The predicted molar refractivity (Wildman–Crippen MR) is 74.7 cm³/mol. The molecule has 0 aromatic heterocycles. The second-order valence-electron chi connectivity index (χ2n) is 4.20. The normalized spacial score (nSPS) is 15.4. The zero-order valence-electron chi connectivity index (χ0n) is 12.1. The van der Waals surface area contributed by atoms with Crippen LogP contribution in [0.5, 0.6) is 0 Å². The standard InChI is InChI=1S/C8H15NO2.C6H8O3/c1-4-5-6-11-9-8(10)7(2)3;1-2-6(7)9-4-5-3-8-5/h2,4-6H2,1,3H3,(H,9,10);2,5H,1,3-4H2. The molecule has 20 heavy (non-hydrogen) atoms. The van der Waals surface area contributed by atoms with E-state index in [9.17, 15) is 9.59 Å². The van der Waals surface area contributed by atoms with Crippen molar-refractivity contribution < 1.29 is 23.9 Å². The summed E-state index contributed by atoms with van der Waals surface area (Å²) in [5.74, 6) is -0.633. The zero-order valence-corrected chi connectivity index (χ0v) is 12.1. The molecular weight excluding hydrogens is 262 g/mol. The Morgan fingerprint density at radius 3 is 2.60 bits per heavy atom. The van der Waals surface area contributed by atoms with E-state index in [1.807, 2.05) is 0 Å². The lowest BCUT2D eigenvalue weighted by Gasteiger charge is -2.03. The maximum atomic E-state index is 10.8. The molecule has 1 saturated heterocycles. The van der Waals surface area contributed by atoms with Gasteiger partial charge < -0.3 is 9.47 Å². The maximum absolute atomic E-state index is 10.8. The molecule has 6 nitrogen and oxygen atoms in total. The first-order chi connectivity index (χ1) is 9.51. The van der Waals surface area contributed by atoms with Crippen molar-refractivity contribution in [2.45, 2.75) is 32.8 Å². The third-order valence-corrected chi connectivity index (χ3v) is 2.13. The maximum Gasteiger partial charge on any atom is 0.330 e. The monoisotopic (exact) mass is 285 g/mol. The number of hydrogen-bond acceptors (Lipinski definition) is 5. The highest BCUT2D eigenvalue weighted by Crippen LogP contribution is 2.08. The number of hydrogen-bond donors (Lipinski definition) is 1. The van der Waals surface area contributed by atoms with Crippen LogP contribution in [-0.2, 0) is 23.9 Å². The molecule has 1 rings (SSSR count). The van der Waals surface area contributed by atoms with Crippen molar-refractivity contribution in [3.05, 3.63) is 24.8 Å². The first-order valence-corrected chi connectivity index (χ1v) is 6.49. The fourth-order valence-corrected chi connectivity index (χ4v) is 0.818. The molecule has 1 aliphatic heterocycles. The van der Waals surface area contributed by atoms with Gasteiger partial charge in [-0.15, -0.1) is 0 Å². The molecule has 1 N–H and O–H groups in total. The smallest absolute Gasteiger partial charge is 0.330 e. The quantitative estimate of drug-likeness (QED) is 0.240. The second kappa shape index (κ2) is 11.2. The summed E-state index contributed by atoms with van der Waals surface area (Å²) in [5.41, 5.74) is 2.74. The SMILES string of the molecule is C=C(C)C(=O)NOCCCC.C=CC(=O)OCC1CO1. The Morgan fingerprint density at radius 2 is 2.15 bits per heavy atom. The number of hydroxylamine groups is 1. The van der Waals surface area contributed by atoms with Gasteiger partial charge in [0, 0.05) is 11.6 Å². The van der Waals surface area contributed by atoms with E-state index in [0.29, 0.717) is 25.4 Å². The van der Waals surface area contributed by atoms with E-state index < -0.39 is 0 Å². The van der Waals surface area contributed by atoms with E-state index in [4.69, 9.17) is 9.57 Å². The van der Waals surface area contributed by atoms with E-state index in [1.54, 1.807) is 6.92 Å². The van der Waals surface area contributed by atoms with Gasteiger partial charge in [-0.1, -0.05) is 26.5 Å². The second-order valence-corrected chi connectivity index (χ2v) is 4.20. The number of carbonyl (C=O) groups is 2. The van der Waals surface area contributed by atoms with Gasteiger partial charge in [-0.3, -0.25) is 9.63 Å². The third-order valence-electron chi connectivity index (χ3n) is 2.13. The van der Waals surface area contributed by atoms with Gasteiger partial charge in [-0.05, 0) is 13.3 Å². The van der Waals surface area contributed by atoms with Crippen molar-refractivity contribution >= 4 is 11.9 Å². The molecule has 6 heteroatoms. The molecule has 0 aliphatic carbocycles. The van der Waals surface area contributed by atoms with Crippen molar-refractivity contribution in [1.29, 1.82) is 0 Å². The van der Waals surface area contributed by atoms with Gasteiger partial charge in [0.25, 0.3) is 5.91 Å². The first-order valence-electron chi connectivity index (χ1n) is 6.49. The molecular formula is C14H23NO5. The Balaban J connectivity index is 0.000000367. The van der Waals surface area contributed by atoms with Crippen LogP contribution in [0.1, 0.15) is 26.7 Å². The summed E-state index contributed by atoms with van der Waals surface area (Å²) < 4.78 is 9.42. The zero-order chi connectivity index (χ0) is 15.4. The molecule has 0 spiro atoms. The fraction of sp³-hybridized carbons (Fsp3) is 0.571. The summed E-state index contributed by atoms with van der Waals surface area (Å²) in [7, 11) is 0. The van der Waals surface area contributed by atoms with Crippen molar-refractivity contribution in [3.8, 4) is 0 Å². The number of esters is 1. The van der Waals surface area contributed by atoms with E-state index >= 15 is 0 Å². The number of unbranched alkanes of at least 4 members (excludes halogenated alkanes) is 1. The van der Waals surface area contributed by atoms with Gasteiger partial charge in [-0.25, -0.2) is 10.3 Å². The summed E-state index contributed by atoms with van der Waals surface area (Å²) in [5, 5.41) is 0. The number of epoxide rings is 1. The molecule has 0 aromatic rings. The Bertz CT molecular complexity index is 336. The van der Waals surface area contributed by atoms with E-state index in [0.717, 1.165) is 18.9 Å². The lowest BCUT2D eigenvalue weighted by atomic mass is 10.3. The fourth-order valence-electron chi connectivity index (χ4n) is 0.818. The summed E-state index contributed by atoms with van der Waals surface area (Å²) >= 11 is 0. The minimum absolute atomic E-state index is 0.147. The minimum atomic E-state index is -0.384. The van der Waals surface area contributed by atoms with Crippen LogP contribution in [0.4, 0.5) is 0 Å². The highest BCUT2D eigenvalue weighted by atomic mass is 16.6. The van der Waals surface area contributed by atoms with Crippen LogP contribution in [0.15, 0.2) is 24.8 Å². The number of nitrogens with one attached hydrogen (secondary N) is 1. The summed E-state index contributed by atoms with van der Waals surface area (Å²) in [6.07, 6.45) is 3.30. The lowest BCUT2D eigenvalue weighted by molar-refractivity contribution is -0.138. The summed E-state index contributed by atoms with van der Waals surface area (Å²) in [6.45, 7) is 12.0. The third kappa shape index (κ3) is 11.4. The molecule has 1 aliphatic rings. The highest BCUT2D eigenvalue weighted by Gasteiger charge is 2.23. The van der Waals surface area contributed by atoms with Crippen molar-refractivity contribution in [3.63, 3.8) is 0 Å². The molecule has 0 radical (unpaired) electrons. The molecule has 1 amide bonds. The molecule has 0 aromatic carbocycles. The molecule has 114 valence electrons. The number of rotatable bonds is 8. The van der Waals surface area contributed by atoms with Crippen molar-refractivity contribution in [1.82, 2.24) is 5.48 Å². The Kier molecular flexibility index (Phi) is 10.3. The van der Waals surface area contributed by atoms with Gasteiger partial charge in [0.15, 0.2) is 0 Å². The minimum Gasteiger partial charge on any atom is -0.460 e. The van der Waals surface area contributed by atoms with Gasteiger partial charge in [0.2, 0.25) is 0 Å². The lowest BCUT2D eigenvalue weighted by Crippen LogP contribution is -2.24. The van der Waals surface area contributed by atoms with Crippen LogP contribution in [0.3, 0.4) is 0 Å². The van der Waals surface area contributed by atoms with Gasteiger partial charge in [-0.2, -0.15) is 0 Å². The topological polar surface area (TPSA) is 77.2 Å². The molecule has 0 bridgehead atoms. The summed E-state index contributed by atoms with van der Waals surface area (Å²) in [6, 6.07) is 0. The molecule has 1 atom stereocenters. The van der Waals surface area contributed by atoms with Gasteiger partial charge in [0.05, 0.1) is 13.2 Å². The Morgan fingerprint density at radius 1 is 1.50 bits per heavy atom. The van der Waals surface area contributed by atoms with Crippen LogP contribution >= 0.6 is 0 Å². The Labute approximate surface area is 119 Å². The van der Waals surface area contributed by atoms with Crippen molar-refractivity contribution in [2.24, 2.45) is 0 Å². The summed E-state index contributed by atoms with van der Waals surface area (Å²) in [4.78, 5) is 26.0. The van der Waals surface area contributed by atoms with Gasteiger partial charge >= 0.3 is 5.97 Å².